The average molecular weight is 605 g/mol. The molecule has 40 heavy (non-hydrogen) atoms. The second-order valence-corrected chi connectivity index (χ2v) is 13.3. The van der Waals surface area contributed by atoms with Crippen LogP contribution in [0.25, 0.3) is 10.4 Å². The summed E-state index contributed by atoms with van der Waals surface area (Å²) in [5.41, 5.74) is -0.0745. The van der Waals surface area contributed by atoms with Crippen LogP contribution in [0.1, 0.15) is 24.3 Å². The number of carbonyl (C=O) groups is 2. The summed E-state index contributed by atoms with van der Waals surface area (Å²) < 4.78 is 40.0. The van der Waals surface area contributed by atoms with E-state index in [-0.39, 0.29) is 30.2 Å². The molecule has 3 aromatic rings. The second-order valence-electron chi connectivity index (χ2n) is 9.67. The molecular formula is C28H29ClN2O7S2. The summed E-state index contributed by atoms with van der Waals surface area (Å²) in [7, 11) is -4.22. The van der Waals surface area contributed by atoms with Gasteiger partial charge in [-0.3, -0.25) is 4.79 Å². The minimum atomic E-state index is -4.22. The van der Waals surface area contributed by atoms with Gasteiger partial charge in [0.15, 0.2) is 0 Å². The van der Waals surface area contributed by atoms with Crippen LogP contribution in [-0.4, -0.2) is 79.8 Å². The SMILES string of the molecule is O=C(OCCCN([C@]1(C(=O)O)C[C@@H]1c1ccccc1)S(=O)(=O)c1ccc(-c2ccc(Cl)cc2)s1)N1CCOCC1. The molecule has 0 spiro atoms. The zero-order valence-electron chi connectivity index (χ0n) is 21.6. The predicted octanol–water partition coefficient (Wildman–Crippen LogP) is 4.93. The molecule has 1 saturated carbocycles. The van der Waals surface area contributed by atoms with Crippen molar-refractivity contribution in [2.24, 2.45) is 0 Å². The molecular weight excluding hydrogens is 576 g/mol. The monoisotopic (exact) mass is 604 g/mol. The number of sulfonamides is 1. The van der Waals surface area contributed by atoms with Crippen molar-refractivity contribution in [2.75, 3.05) is 39.5 Å². The van der Waals surface area contributed by atoms with E-state index in [1.807, 2.05) is 30.3 Å². The molecule has 2 heterocycles. The Morgan fingerprint density at radius 3 is 2.45 bits per heavy atom. The zero-order valence-corrected chi connectivity index (χ0v) is 24.0. The van der Waals surface area contributed by atoms with Crippen LogP contribution in [-0.2, 0) is 24.3 Å². The van der Waals surface area contributed by atoms with Crippen molar-refractivity contribution in [3.63, 3.8) is 0 Å². The number of carbonyl (C=O) groups excluding carboxylic acids is 1. The molecule has 1 aromatic heterocycles. The van der Waals surface area contributed by atoms with E-state index in [1.165, 1.54) is 11.0 Å². The number of hydrogen-bond acceptors (Lipinski definition) is 7. The predicted molar refractivity (Wildman–Crippen MR) is 151 cm³/mol. The summed E-state index contributed by atoms with van der Waals surface area (Å²) in [5.74, 6) is -1.71. The Morgan fingerprint density at radius 2 is 1.77 bits per heavy atom. The molecule has 1 amide bonds. The summed E-state index contributed by atoms with van der Waals surface area (Å²) in [6, 6.07) is 19.3. The van der Waals surface area contributed by atoms with Gasteiger partial charge >= 0.3 is 12.1 Å². The molecule has 1 N–H and O–H groups in total. The van der Waals surface area contributed by atoms with Gasteiger partial charge in [-0.1, -0.05) is 54.1 Å². The number of nitrogens with zero attached hydrogens (tertiary/aromatic N) is 2. The van der Waals surface area contributed by atoms with Crippen molar-refractivity contribution >= 4 is 45.0 Å². The Bertz CT molecular complexity index is 1460. The molecule has 0 bridgehead atoms. The Hall–Kier alpha value is -2.96. The van der Waals surface area contributed by atoms with Crippen LogP contribution in [0.5, 0.6) is 0 Å². The Balaban J connectivity index is 1.40. The van der Waals surface area contributed by atoms with E-state index < -0.39 is 33.5 Å². The molecule has 1 aliphatic carbocycles. The fraction of sp³-hybridized carbons (Fsp3) is 0.357. The number of carboxylic acids is 1. The van der Waals surface area contributed by atoms with Crippen molar-refractivity contribution in [3.05, 3.63) is 77.3 Å². The van der Waals surface area contributed by atoms with E-state index in [9.17, 15) is 23.1 Å². The fourth-order valence-electron chi connectivity index (χ4n) is 5.03. The molecule has 1 aliphatic heterocycles. The fourth-order valence-corrected chi connectivity index (χ4v) is 8.39. The Morgan fingerprint density at radius 1 is 1.07 bits per heavy atom. The molecule has 212 valence electrons. The van der Waals surface area contributed by atoms with Gasteiger partial charge in [0.25, 0.3) is 10.0 Å². The Kier molecular flexibility index (Phi) is 8.48. The summed E-state index contributed by atoms with van der Waals surface area (Å²) >= 11 is 7.07. The first-order chi connectivity index (χ1) is 19.2. The van der Waals surface area contributed by atoms with E-state index >= 15 is 0 Å². The number of aliphatic carboxylic acids is 1. The van der Waals surface area contributed by atoms with Gasteiger partial charge in [0.2, 0.25) is 0 Å². The number of thiophene rings is 1. The number of morpholine rings is 1. The van der Waals surface area contributed by atoms with Crippen molar-refractivity contribution < 1.29 is 32.6 Å². The smallest absolute Gasteiger partial charge is 0.409 e. The molecule has 9 nitrogen and oxygen atoms in total. The molecule has 2 aliphatic rings. The molecule has 2 atom stereocenters. The van der Waals surface area contributed by atoms with Crippen LogP contribution in [0.15, 0.2) is 70.9 Å². The minimum absolute atomic E-state index is 0.0436. The van der Waals surface area contributed by atoms with Gasteiger partial charge in [0, 0.05) is 35.5 Å². The normalized spacial score (nSPS) is 20.9. The van der Waals surface area contributed by atoms with Gasteiger partial charge in [-0.15, -0.1) is 11.3 Å². The van der Waals surface area contributed by atoms with Crippen molar-refractivity contribution in [1.82, 2.24) is 9.21 Å². The van der Waals surface area contributed by atoms with Crippen LogP contribution >= 0.6 is 22.9 Å². The van der Waals surface area contributed by atoms with Crippen molar-refractivity contribution in [3.8, 4) is 10.4 Å². The summed E-state index contributed by atoms with van der Waals surface area (Å²) in [6.07, 6.45) is -0.208. The molecule has 1 saturated heterocycles. The summed E-state index contributed by atoms with van der Waals surface area (Å²) in [5, 5.41) is 11.0. The van der Waals surface area contributed by atoms with Gasteiger partial charge in [0.05, 0.1) is 19.8 Å². The number of ether oxygens (including phenoxy) is 2. The van der Waals surface area contributed by atoms with Crippen LogP contribution in [0.4, 0.5) is 4.79 Å². The average Bonchev–Trinajstić information content (AvgIpc) is 3.51. The lowest BCUT2D eigenvalue weighted by molar-refractivity contribution is -0.143. The lowest BCUT2D eigenvalue weighted by Crippen LogP contribution is -2.49. The summed E-state index contributed by atoms with van der Waals surface area (Å²) in [4.78, 5) is 27.4. The van der Waals surface area contributed by atoms with E-state index in [1.54, 1.807) is 30.3 Å². The third-order valence-corrected chi connectivity index (χ3v) is 11.0. The van der Waals surface area contributed by atoms with E-state index in [2.05, 4.69) is 0 Å². The maximum Gasteiger partial charge on any atom is 0.409 e. The maximum atomic E-state index is 14.1. The van der Waals surface area contributed by atoms with E-state index in [0.29, 0.717) is 31.3 Å². The van der Waals surface area contributed by atoms with Crippen LogP contribution in [0, 0.1) is 0 Å². The first-order valence-electron chi connectivity index (χ1n) is 12.9. The molecule has 5 rings (SSSR count). The number of rotatable bonds is 10. The first-order valence-corrected chi connectivity index (χ1v) is 15.5. The van der Waals surface area contributed by atoms with Crippen LogP contribution < -0.4 is 0 Å². The number of carboxylic acid groups (broad SMARTS) is 1. The standard InChI is InChI=1S/C28H29ClN2O7S2/c29-22-9-7-21(8-10-22)24-11-12-25(39-24)40(35,36)31(13-4-16-38-27(34)30-14-17-37-18-15-30)28(26(32)33)19-23(28)20-5-2-1-3-6-20/h1-3,5-12,23H,4,13-19H2,(H,32,33)/t23-,28-/m1/s1. The number of benzene rings is 2. The van der Waals surface area contributed by atoms with Gasteiger partial charge in [-0.2, -0.15) is 4.31 Å². The number of halogens is 1. The lowest BCUT2D eigenvalue weighted by Gasteiger charge is -2.29. The second kappa shape index (κ2) is 11.9. The molecule has 2 aromatic carbocycles. The first kappa shape index (κ1) is 28.6. The Labute approximate surface area is 241 Å². The van der Waals surface area contributed by atoms with E-state index in [0.717, 1.165) is 31.6 Å². The lowest BCUT2D eigenvalue weighted by atomic mass is 10.1. The maximum absolute atomic E-state index is 14.1. The molecule has 2 fully saturated rings. The third-order valence-electron chi connectivity index (χ3n) is 7.20. The van der Waals surface area contributed by atoms with Gasteiger partial charge in [-0.25, -0.2) is 13.2 Å². The third kappa shape index (κ3) is 5.75. The van der Waals surface area contributed by atoms with Gasteiger partial charge < -0.3 is 19.5 Å². The highest BCUT2D eigenvalue weighted by molar-refractivity contribution is 7.91. The highest BCUT2D eigenvalue weighted by atomic mass is 35.5. The van der Waals surface area contributed by atoms with Crippen LogP contribution in [0.3, 0.4) is 0 Å². The quantitative estimate of drug-likeness (QED) is 0.327. The molecule has 12 heteroatoms. The van der Waals surface area contributed by atoms with Gasteiger partial charge in [-0.05, 0) is 48.2 Å². The number of hydrogen-bond donors (Lipinski definition) is 1. The zero-order chi connectivity index (χ0) is 28.3. The highest BCUT2D eigenvalue weighted by Crippen LogP contribution is 2.57. The minimum Gasteiger partial charge on any atom is -0.480 e. The van der Waals surface area contributed by atoms with Crippen LogP contribution in [0.2, 0.25) is 5.02 Å². The molecule has 0 unspecified atom stereocenters. The summed E-state index contributed by atoms with van der Waals surface area (Å²) in [6.45, 7) is 1.55. The van der Waals surface area contributed by atoms with Crippen molar-refractivity contribution in [1.29, 1.82) is 0 Å². The number of amides is 1. The largest absolute Gasteiger partial charge is 0.480 e. The highest BCUT2D eigenvalue weighted by Gasteiger charge is 2.67. The van der Waals surface area contributed by atoms with Gasteiger partial charge in [0.1, 0.15) is 9.75 Å². The topological polar surface area (TPSA) is 113 Å². The van der Waals surface area contributed by atoms with Crippen molar-refractivity contribution in [2.45, 2.75) is 28.5 Å². The van der Waals surface area contributed by atoms with E-state index in [4.69, 9.17) is 21.1 Å². The molecule has 0 radical (unpaired) electrons.